The number of rotatable bonds is 7. The fourth-order valence-corrected chi connectivity index (χ4v) is 4.79. The molecular weight excluding hydrogens is 398 g/mol. The van der Waals surface area contributed by atoms with Crippen molar-refractivity contribution in [1.82, 2.24) is 14.5 Å². The van der Waals surface area contributed by atoms with Gasteiger partial charge in [-0.25, -0.2) is 13.1 Å². The number of hydrogen-bond acceptors (Lipinski definition) is 6. The van der Waals surface area contributed by atoms with E-state index in [4.69, 9.17) is 0 Å². The van der Waals surface area contributed by atoms with E-state index in [0.717, 1.165) is 4.88 Å². The minimum absolute atomic E-state index is 0.0562. The number of amides is 1. The molecule has 2 aromatic rings. The van der Waals surface area contributed by atoms with Crippen LogP contribution in [0.4, 0.5) is 0 Å². The van der Waals surface area contributed by atoms with E-state index < -0.39 is 10.0 Å². The molecule has 1 aliphatic heterocycles. The van der Waals surface area contributed by atoms with E-state index in [2.05, 4.69) is 9.62 Å². The molecular formula is C19H23N3O4S2. The van der Waals surface area contributed by atoms with Gasteiger partial charge in [0.05, 0.1) is 9.77 Å². The maximum atomic E-state index is 12.4. The van der Waals surface area contributed by atoms with Crippen LogP contribution in [0.15, 0.2) is 46.7 Å². The molecule has 0 saturated carbocycles. The third kappa shape index (κ3) is 5.05. The highest BCUT2D eigenvalue weighted by molar-refractivity contribution is 7.89. The zero-order valence-corrected chi connectivity index (χ0v) is 17.3. The predicted octanol–water partition coefficient (Wildman–Crippen LogP) is 1.69. The van der Waals surface area contributed by atoms with Gasteiger partial charge in [-0.1, -0.05) is 18.2 Å². The fraction of sp³-hybridized carbons (Fsp3) is 0.368. The number of sulfonamides is 1. The average molecular weight is 422 g/mol. The van der Waals surface area contributed by atoms with Crippen molar-refractivity contribution in [2.24, 2.45) is 0 Å². The summed E-state index contributed by atoms with van der Waals surface area (Å²) in [6.07, 6.45) is 0. The summed E-state index contributed by atoms with van der Waals surface area (Å²) in [4.78, 5) is 28.6. The van der Waals surface area contributed by atoms with E-state index in [1.54, 1.807) is 12.1 Å². The Morgan fingerprint density at radius 3 is 2.50 bits per heavy atom. The molecule has 0 radical (unpaired) electrons. The van der Waals surface area contributed by atoms with Gasteiger partial charge in [0.2, 0.25) is 10.0 Å². The number of carbonyl (C=O) groups excluding carboxylic acids is 2. The molecule has 0 aliphatic carbocycles. The van der Waals surface area contributed by atoms with Gasteiger partial charge in [0, 0.05) is 44.8 Å². The molecule has 1 N–H and O–H groups in total. The summed E-state index contributed by atoms with van der Waals surface area (Å²) in [6, 6.07) is 9.72. The van der Waals surface area contributed by atoms with Crippen LogP contribution in [0, 0.1) is 0 Å². The highest BCUT2D eigenvalue weighted by atomic mass is 32.2. The Morgan fingerprint density at radius 2 is 1.86 bits per heavy atom. The van der Waals surface area contributed by atoms with Crippen LogP contribution in [0.25, 0.3) is 0 Å². The van der Waals surface area contributed by atoms with E-state index >= 15 is 0 Å². The summed E-state index contributed by atoms with van der Waals surface area (Å²) < 4.78 is 27.4. The molecule has 1 saturated heterocycles. The van der Waals surface area contributed by atoms with Gasteiger partial charge in [0.1, 0.15) is 0 Å². The second kappa shape index (κ2) is 8.95. The molecule has 28 heavy (non-hydrogen) atoms. The van der Waals surface area contributed by atoms with E-state index in [-0.39, 0.29) is 23.1 Å². The molecule has 150 valence electrons. The lowest BCUT2D eigenvalue weighted by Crippen LogP contribution is -2.50. The fourth-order valence-electron chi connectivity index (χ4n) is 3.03. The summed E-state index contributed by atoms with van der Waals surface area (Å²) in [6.45, 7) is 4.91. The third-order valence-corrected chi connectivity index (χ3v) is 6.98. The first-order chi connectivity index (χ1) is 13.4. The zero-order valence-electron chi connectivity index (χ0n) is 15.6. The number of ketones is 1. The molecule has 2 heterocycles. The van der Waals surface area contributed by atoms with E-state index in [1.165, 1.54) is 30.4 Å². The molecule has 7 nitrogen and oxygen atoms in total. The van der Waals surface area contributed by atoms with Gasteiger partial charge < -0.3 is 4.90 Å². The van der Waals surface area contributed by atoms with Gasteiger partial charge in [-0.15, -0.1) is 11.3 Å². The Morgan fingerprint density at radius 1 is 1.11 bits per heavy atom. The molecule has 1 amide bonds. The van der Waals surface area contributed by atoms with Crippen molar-refractivity contribution < 1.29 is 18.0 Å². The number of piperazine rings is 1. The first-order valence-corrected chi connectivity index (χ1v) is 11.4. The molecule has 9 heteroatoms. The van der Waals surface area contributed by atoms with Crippen LogP contribution in [-0.4, -0.2) is 69.2 Å². The summed E-state index contributed by atoms with van der Waals surface area (Å²) >= 11 is 1.44. The first-order valence-electron chi connectivity index (χ1n) is 9.02. The topological polar surface area (TPSA) is 86.8 Å². The standard InChI is InChI=1S/C19H23N3O4S2/c1-15(23)16-4-2-5-17(14-16)28(25,26)20-7-8-21-9-11-22(12-10-21)19(24)18-6-3-13-27-18/h2-6,13-14,20H,7-12H2,1H3. The van der Waals surface area contributed by atoms with E-state index in [9.17, 15) is 18.0 Å². The Labute approximate surface area is 169 Å². The van der Waals surface area contributed by atoms with E-state index in [0.29, 0.717) is 38.3 Å². The molecule has 0 unspecified atom stereocenters. The van der Waals surface area contributed by atoms with Crippen LogP contribution >= 0.6 is 11.3 Å². The van der Waals surface area contributed by atoms with Crippen LogP contribution in [-0.2, 0) is 10.0 Å². The monoisotopic (exact) mass is 421 g/mol. The zero-order chi connectivity index (χ0) is 20.1. The van der Waals surface area contributed by atoms with Gasteiger partial charge in [0.15, 0.2) is 5.78 Å². The highest BCUT2D eigenvalue weighted by Gasteiger charge is 2.23. The lowest BCUT2D eigenvalue weighted by atomic mass is 10.2. The molecule has 3 rings (SSSR count). The highest BCUT2D eigenvalue weighted by Crippen LogP contribution is 2.14. The minimum Gasteiger partial charge on any atom is -0.335 e. The third-order valence-electron chi connectivity index (χ3n) is 4.66. The van der Waals surface area contributed by atoms with Crippen molar-refractivity contribution in [3.8, 4) is 0 Å². The predicted molar refractivity (Wildman–Crippen MR) is 108 cm³/mol. The van der Waals surface area contributed by atoms with Gasteiger partial charge in [-0.05, 0) is 30.5 Å². The Balaban J connectivity index is 1.47. The SMILES string of the molecule is CC(=O)c1cccc(S(=O)(=O)NCCN2CCN(C(=O)c3cccs3)CC2)c1. The van der Waals surface area contributed by atoms with Crippen molar-refractivity contribution in [3.63, 3.8) is 0 Å². The van der Waals surface area contributed by atoms with Gasteiger partial charge in [-0.2, -0.15) is 0 Å². The van der Waals surface area contributed by atoms with Crippen molar-refractivity contribution in [2.75, 3.05) is 39.3 Å². The maximum Gasteiger partial charge on any atom is 0.264 e. The smallest absolute Gasteiger partial charge is 0.264 e. The Hall–Kier alpha value is -2.07. The number of nitrogens with zero attached hydrogens (tertiary/aromatic N) is 2. The number of hydrogen-bond donors (Lipinski definition) is 1. The normalized spacial score (nSPS) is 15.5. The Bertz CT molecular complexity index is 934. The quantitative estimate of drug-likeness (QED) is 0.688. The van der Waals surface area contributed by atoms with Crippen LogP contribution in [0.3, 0.4) is 0 Å². The second-order valence-corrected chi connectivity index (χ2v) is 9.31. The van der Waals surface area contributed by atoms with Crippen LogP contribution in [0.2, 0.25) is 0 Å². The van der Waals surface area contributed by atoms with Gasteiger partial charge in [0.25, 0.3) is 5.91 Å². The Kier molecular flexibility index (Phi) is 6.61. The molecule has 0 bridgehead atoms. The minimum atomic E-state index is -3.66. The molecule has 0 spiro atoms. The number of thiophene rings is 1. The molecule has 1 fully saturated rings. The van der Waals surface area contributed by atoms with Crippen molar-refractivity contribution >= 4 is 33.1 Å². The van der Waals surface area contributed by atoms with Crippen LogP contribution in [0.1, 0.15) is 27.0 Å². The van der Waals surface area contributed by atoms with Crippen molar-refractivity contribution in [3.05, 3.63) is 52.2 Å². The number of benzene rings is 1. The number of Topliss-reactive ketones (excluding diaryl/α,β-unsaturated/α-hetero) is 1. The summed E-state index contributed by atoms with van der Waals surface area (Å²) in [5, 5.41) is 1.89. The summed E-state index contributed by atoms with van der Waals surface area (Å²) in [7, 11) is -3.66. The lowest BCUT2D eigenvalue weighted by molar-refractivity contribution is 0.0645. The van der Waals surface area contributed by atoms with Crippen molar-refractivity contribution in [2.45, 2.75) is 11.8 Å². The van der Waals surface area contributed by atoms with Crippen molar-refractivity contribution in [1.29, 1.82) is 0 Å². The first kappa shape index (κ1) is 20.7. The van der Waals surface area contributed by atoms with Gasteiger partial charge >= 0.3 is 0 Å². The molecule has 0 atom stereocenters. The molecule has 1 aliphatic rings. The largest absolute Gasteiger partial charge is 0.335 e. The molecule has 1 aromatic heterocycles. The van der Waals surface area contributed by atoms with Crippen LogP contribution in [0.5, 0.6) is 0 Å². The van der Waals surface area contributed by atoms with Gasteiger partial charge in [-0.3, -0.25) is 14.5 Å². The average Bonchev–Trinajstić information content (AvgIpc) is 3.23. The summed E-state index contributed by atoms with van der Waals surface area (Å²) in [5.74, 6) is -0.118. The number of nitrogens with one attached hydrogen (secondary N) is 1. The second-order valence-electron chi connectivity index (χ2n) is 6.59. The lowest BCUT2D eigenvalue weighted by Gasteiger charge is -2.34. The summed E-state index contributed by atoms with van der Waals surface area (Å²) in [5.41, 5.74) is 0.370. The molecule has 1 aromatic carbocycles. The van der Waals surface area contributed by atoms with E-state index in [1.807, 2.05) is 22.4 Å². The number of carbonyl (C=O) groups is 2. The maximum absolute atomic E-state index is 12.4. The van der Waals surface area contributed by atoms with Crippen LogP contribution < -0.4 is 4.72 Å².